The van der Waals surface area contributed by atoms with Gasteiger partial charge in [-0.25, -0.2) is 0 Å². The van der Waals surface area contributed by atoms with Crippen LogP contribution in [0.1, 0.15) is 46.0 Å². The maximum Gasteiger partial charge on any atom is 0.303 e. The Labute approximate surface area is 86.7 Å². The third-order valence-electron chi connectivity index (χ3n) is 2.58. The normalized spacial score (nSPS) is 15.1. The van der Waals surface area contributed by atoms with Gasteiger partial charge in [0.1, 0.15) is 0 Å². The Morgan fingerprint density at radius 1 is 1.50 bits per heavy atom. The van der Waals surface area contributed by atoms with Gasteiger partial charge in [0.05, 0.1) is 0 Å². The van der Waals surface area contributed by atoms with Gasteiger partial charge in [-0.15, -0.1) is 0 Å². The lowest BCUT2D eigenvalue weighted by Crippen LogP contribution is -2.20. The van der Waals surface area contributed by atoms with Crippen LogP contribution >= 0.6 is 0 Å². The fourth-order valence-electron chi connectivity index (χ4n) is 1.75. The largest absolute Gasteiger partial charge is 0.481 e. The van der Waals surface area contributed by atoms with E-state index in [0.29, 0.717) is 12.5 Å². The Morgan fingerprint density at radius 3 is 2.57 bits per heavy atom. The summed E-state index contributed by atoms with van der Waals surface area (Å²) in [6, 6.07) is 0. The molecule has 2 atom stereocenters. The fraction of sp³-hybridized carbons (Fsp3) is 0.909. The van der Waals surface area contributed by atoms with Crippen LogP contribution in [-0.2, 0) is 4.79 Å². The van der Waals surface area contributed by atoms with Crippen molar-refractivity contribution in [1.82, 2.24) is 0 Å². The molecule has 0 heterocycles. The molecule has 0 rings (SSSR count). The van der Waals surface area contributed by atoms with Gasteiger partial charge in [0, 0.05) is 6.42 Å². The third-order valence-corrected chi connectivity index (χ3v) is 2.58. The second kappa shape index (κ2) is 7.80. The van der Waals surface area contributed by atoms with Crippen LogP contribution in [0.15, 0.2) is 0 Å². The first-order valence-electron chi connectivity index (χ1n) is 5.52. The fourth-order valence-corrected chi connectivity index (χ4v) is 1.75. The maximum atomic E-state index is 10.5. The van der Waals surface area contributed by atoms with Crippen LogP contribution < -0.4 is 5.73 Å². The monoisotopic (exact) mass is 201 g/mol. The van der Waals surface area contributed by atoms with Gasteiger partial charge >= 0.3 is 5.97 Å². The van der Waals surface area contributed by atoms with Crippen molar-refractivity contribution in [2.24, 2.45) is 17.6 Å². The first-order valence-corrected chi connectivity index (χ1v) is 5.52. The van der Waals surface area contributed by atoms with Crippen LogP contribution in [0.3, 0.4) is 0 Å². The van der Waals surface area contributed by atoms with Crippen molar-refractivity contribution in [2.75, 3.05) is 6.54 Å². The summed E-state index contributed by atoms with van der Waals surface area (Å²) in [5, 5.41) is 8.65. The summed E-state index contributed by atoms with van der Waals surface area (Å²) in [6.45, 7) is 4.84. The summed E-state index contributed by atoms with van der Waals surface area (Å²) in [5.74, 6) is 0.0188. The molecule has 0 aromatic carbocycles. The van der Waals surface area contributed by atoms with Crippen LogP contribution in [-0.4, -0.2) is 17.6 Å². The Bertz CT molecular complexity index is 159. The van der Waals surface area contributed by atoms with E-state index in [1.54, 1.807) is 0 Å². The molecule has 0 spiro atoms. The van der Waals surface area contributed by atoms with E-state index in [9.17, 15) is 4.79 Å². The summed E-state index contributed by atoms with van der Waals surface area (Å²) < 4.78 is 0. The van der Waals surface area contributed by atoms with E-state index in [4.69, 9.17) is 10.8 Å². The molecule has 3 heteroatoms. The van der Waals surface area contributed by atoms with Crippen molar-refractivity contribution in [3.05, 3.63) is 0 Å². The number of unbranched alkanes of at least 4 members (excludes halogenated alkanes) is 1. The third kappa shape index (κ3) is 6.89. The molecule has 0 aromatic rings. The number of carboxylic acids is 1. The number of hydrogen-bond donors (Lipinski definition) is 2. The van der Waals surface area contributed by atoms with Crippen molar-refractivity contribution in [2.45, 2.75) is 46.0 Å². The topological polar surface area (TPSA) is 63.3 Å². The van der Waals surface area contributed by atoms with Crippen LogP contribution in [0.4, 0.5) is 0 Å². The molecule has 0 bridgehead atoms. The van der Waals surface area contributed by atoms with Gasteiger partial charge in [-0.1, -0.05) is 33.1 Å². The van der Waals surface area contributed by atoms with Gasteiger partial charge < -0.3 is 10.8 Å². The van der Waals surface area contributed by atoms with Gasteiger partial charge in [-0.2, -0.15) is 0 Å². The quantitative estimate of drug-likeness (QED) is 0.633. The minimum absolute atomic E-state index is 0.152. The minimum atomic E-state index is -0.733. The summed E-state index contributed by atoms with van der Waals surface area (Å²) in [7, 11) is 0. The van der Waals surface area contributed by atoms with Gasteiger partial charge in [-0.3, -0.25) is 4.79 Å². The van der Waals surface area contributed by atoms with E-state index in [1.807, 2.05) is 0 Å². The Morgan fingerprint density at radius 2 is 2.14 bits per heavy atom. The molecular formula is C11H23NO2. The standard InChI is InChI=1S/C11H23NO2/c1-3-4-5-9(2)6-10(8-12)7-11(13)14/h9-10H,3-8,12H2,1-2H3,(H,13,14)/t9?,10-/m0/s1. The molecule has 14 heavy (non-hydrogen) atoms. The summed E-state index contributed by atoms with van der Waals surface area (Å²) >= 11 is 0. The average Bonchev–Trinajstić information content (AvgIpc) is 2.12. The molecule has 0 aromatic heterocycles. The molecule has 0 fully saturated rings. The highest BCUT2D eigenvalue weighted by atomic mass is 16.4. The van der Waals surface area contributed by atoms with Crippen LogP contribution in [0, 0.1) is 11.8 Å². The second-order valence-corrected chi connectivity index (χ2v) is 4.18. The van der Waals surface area contributed by atoms with Crippen molar-refractivity contribution in [3.63, 3.8) is 0 Å². The van der Waals surface area contributed by atoms with Crippen molar-refractivity contribution < 1.29 is 9.90 Å². The summed E-state index contributed by atoms with van der Waals surface area (Å²) in [5.41, 5.74) is 5.53. The molecule has 0 saturated carbocycles. The molecule has 0 aliphatic rings. The van der Waals surface area contributed by atoms with Gasteiger partial charge in [0.15, 0.2) is 0 Å². The SMILES string of the molecule is CCCCC(C)C[C@H](CN)CC(=O)O. The molecule has 3 nitrogen and oxygen atoms in total. The molecule has 3 N–H and O–H groups in total. The molecule has 0 amide bonds. The number of carbonyl (C=O) groups is 1. The van der Waals surface area contributed by atoms with Crippen LogP contribution in [0.5, 0.6) is 0 Å². The van der Waals surface area contributed by atoms with Crippen molar-refractivity contribution in [3.8, 4) is 0 Å². The molecule has 1 unspecified atom stereocenters. The smallest absolute Gasteiger partial charge is 0.303 e. The maximum absolute atomic E-state index is 10.5. The van der Waals surface area contributed by atoms with E-state index >= 15 is 0 Å². The number of hydrogen-bond acceptors (Lipinski definition) is 2. The lowest BCUT2D eigenvalue weighted by molar-refractivity contribution is -0.138. The first kappa shape index (κ1) is 13.4. The number of nitrogens with two attached hydrogens (primary N) is 1. The predicted octanol–water partition coefficient (Wildman–Crippen LogP) is 2.25. The summed E-state index contributed by atoms with van der Waals surface area (Å²) in [4.78, 5) is 10.5. The minimum Gasteiger partial charge on any atom is -0.481 e. The molecule has 0 aliphatic heterocycles. The van der Waals surface area contributed by atoms with Crippen molar-refractivity contribution in [1.29, 1.82) is 0 Å². The van der Waals surface area contributed by atoms with Gasteiger partial charge in [-0.05, 0) is 24.8 Å². The zero-order chi connectivity index (χ0) is 11.0. The van der Waals surface area contributed by atoms with E-state index in [1.165, 1.54) is 19.3 Å². The van der Waals surface area contributed by atoms with E-state index in [0.717, 1.165) is 6.42 Å². The van der Waals surface area contributed by atoms with Crippen LogP contribution in [0.2, 0.25) is 0 Å². The lowest BCUT2D eigenvalue weighted by Gasteiger charge is -2.17. The second-order valence-electron chi connectivity index (χ2n) is 4.18. The Hall–Kier alpha value is -0.570. The van der Waals surface area contributed by atoms with Gasteiger partial charge in [0.25, 0.3) is 0 Å². The zero-order valence-electron chi connectivity index (χ0n) is 9.33. The predicted molar refractivity (Wildman–Crippen MR) is 58.1 cm³/mol. The van der Waals surface area contributed by atoms with E-state index in [2.05, 4.69) is 13.8 Å². The highest BCUT2D eigenvalue weighted by molar-refractivity contribution is 5.67. The number of carboxylic acid groups (broad SMARTS) is 1. The molecule has 0 saturated heterocycles. The zero-order valence-corrected chi connectivity index (χ0v) is 9.33. The van der Waals surface area contributed by atoms with Crippen LogP contribution in [0.25, 0.3) is 0 Å². The highest BCUT2D eigenvalue weighted by Crippen LogP contribution is 2.19. The molecular weight excluding hydrogens is 178 g/mol. The first-order chi connectivity index (χ1) is 6.60. The molecule has 0 radical (unpaired) electrons. The Balaban J connectivity index is 3.73. The average molecular weight is 201 g/mol. The van der Waals surface area contributed by atoms with E-state index in [-0.39, 0.29) is 12.3 Å². The highest BCUT2D eigenvalue weighted by Gasteiger charge is 2.14. The Kier molecular flexibility index (Phi) is 7.48. The number of rotatable bonds is 8. The van der Waals surface area contributed by atoms with Gasteiger partial charge in [0.2, 0.25) is 0 Å². The van der Waals surface area contributed by atoms with E-state index < -0.39 is 5.97 Å². The molecule has 84 valence electrons. The molecule has 0 aliphatic carbocycles. The lowest BCUT2D eigenvalue weighted by atomic mass is 9.90. The van der Waals surface area contributed by atoms with Crippen molar-refractivity contribution >= 4 is 5.97 Å². The summed E-state index contributed by atoms with van der Waals surface area (Å²) in [6.07, 6.45) is 4.78. The number of aliphatic carboxylic acids is 1.